The highest BCUT2D eigenvalue weighted by molar-refractivity contribution is 5.78. The Morgan fingerprint density at radius 3 is 3.14 bits per heavy atom. The van der Waals surface area contributed by atoms with Gasteiger partial charge in [-0.05, 0) is 25.1 Å². The van der Waals surface area contributed by atoms with E-state index < -0.39 is 0 Å². The predicted octanol–water partition coefficient (Wildman–Crippen LogP) is 1.68. The third kappa shape index (κ3) is 1.70. The molecular weight excluding hydrogens is 178 g/mol. The van der Waals surface area contributed by atoms with E-state index in [-0.39, 0.29) is 0 Å². The van der Waals surface area contributed by atoms with Gasteiger partial charge in [0.1, 0.15) is 12.4 Å². The maximum atomic E-state index is 5.65. The number of fused-ring (bicyclic) bond motifs is 1. The number of H-pyrrole nitrogens is 1. The molecule has 0 fully saturated rings. The van der Waals surface area contributed by atoms with E-state index in [1.54, 1.807) is 0 Å². The zero-order chi connectivity index (χ0) is 9.97. The Morgan fingerprint density at radius 1 is 1.50 bits per heavy atom. The molecule has 0 radical (unpaired) electrons. The summed E-state index contributed by atoms with van der Waals surface area (Å²) in [5.74, 6) is 0.840. The molecule has 0 saturated heterocycles. The van der Waals surface area contributed by atoms with Crippen LogP contribution in [0.2, 0.25) is 0 Å². The lowest BCUT2D eigenvalue weighted by Crippen LogP contribution is -1.93. The molecule has 0 aliphatic carbocycles. The zero-order valence-corrected chi connectivity index (χ0v) is 8.08. The summed E-state index contributed by atoms with van der Waals surface area (Å²) < 4.78 is 5.25. The fourth-order valence-electron chi connectivity index (χ4n) is 1.35. The number of hydrogen-bond acceptors (Lipinski definition) is 3. The summed E-state index contributed by atoms with van der Waals surface area (Å²) in [7, 11) is 0. The van der Waals surface area contributed by atoms with Gasteiger partial charge in [0.25, 0.3) is 0 Å². The number of nitrogen functional groups attached to an aromatic ring is 1. The van der Waals surface area contributed by atoms with Gasteiger partial charge in [0.05, 0.1) is 11.0 Å². The molecule has 1 aromatic carbocycles. The molecule has 0 saturated carbocycles. The maximum Gasteiger partial charge on any atom is 0.133 e. The van der Waals surface area contributed by atoms with Gasteiger partial charge in [-0.15, -0.1) is 0 Å². The lowest BCUT2D eigenvalue weighted by molar-refractivity contribution is 0.129. The van der Waals surface area contributed by atoms with Crippen LogP contribution in [0.1, 0.15) is 12.7 Å². The molecule has 74 valence electrons. The van der Waals surface area contributed by atoms with Crippen LogP contribution in [-0.2, 0) is 11.3 Å². The van der Waals surface area contributed by atoms with E-state index in [9.17, 15) is 0 Å². The SMILES string of the molecule is CCOCc1nc2ccc(N)cc2[nH]1. The van der Waals surface area contributed by atoms with Crippen molar-refractivity contribution in [1.29, 1.82) is 0 Å². The van der Waals surface area contributed by atoms with Crippen LogP contribution in [0.5, 0.6) is 0 Å². The molecule has 1 aromatic heterocycles. The molecule has 4 nitrogen and oxygen atoms in total. The number of nitrogens with two attached hydrogens (primary N) is 1. The average molecular weight is 191 g/mol. The highest BCUT2D eigenvalue weighted by atomic mass is 16.5. The highest BCUT2D eigenvalue weighted by Gasteiger charge is 2.01. The summed E-state index contributed by atoms with van der Waals surface area (Å²) in [5, 5.41) is 0. The Balaban J connectivity index is 2.32. The summed E-state index contributed by atoms with van der Waals surface area (Å²) in [6.45, 7) is 3.17. The molecule has 2 rings (SSSR count). The van der Waals surface area contributed by atoms with Crippen LogP contribution in [0.25, 0.3) is 11.0 Å². The highest BCUT2D eigenvalue weighted by Crippen LogP contribution is 2.15. The Kier molecular flexibility index (Phi) is 2.37. The van der Waals surface area contributed by atoms with Crippen LogP contribution in [0.4, 0.5) is 5.69 Å². The number of aromatic nitrogens is 2. The largest absolute Gasteiger partial charge is 0.399 e. The molecule has 0 atom stereocenters. The number of hydrogen-bond donors (Lipinski definition) is 2. The Labute approximate surface area is 82.1 Å². The van der Waals surface area contributed by atoms with Crippen molar-refractivity contribution in [3.05, 3.63) is 24.0 Å². The van der Waals surface area contributed by atoms with Crippen LogP contribution < -0.4 is 5.73 Å². The van der Waals surface area contributed by atoms with Crippen LogP contribution >= 0.6 is 0 Å². The standard InChI is InChI=1S/C10H13N3O/c1-2-14-6-10-12-8-4-3-7(11)5-9(8)13-10/h3-5H,2,6,11H2,1H3,(H,12,13). The number of rotatable bonds is 3. The molecule has 2 aromatic rings. The second-order valence-electron chi connectivity index (χ2n) is 3.10. The van der Waals surface area contributed by atoms with Crippen LogP contribution in [-0.4, -0.2) is 16.6 Å². The van der Waals surface area contributed by atoms with Gasteiger partial charge in [-0.1, -0.05) is 0 Å². The van der Waals surface area contributed by atoms with Crippen LogP contribution in [0.15, 0.2) is 18.2 Å². The lowest BCUT2D eigenvalue weighted by atomic mass is 10.3. The summed E-state index contributed by atoms with van der Waals surface area (Å²) in [5.41, 5.74) is 8.28. The van der Waals surface area contributed by atoms with E-state index in [1.807, 2.05) is 25.1 Å². The Morgan fingerprint density at radius 2 is 2.36 bits per heavy atom. The van der Waals surface area contributed by atoms with Crippen molar-refractivity contribution < 1.29 is 4.74 Å². The van der Waals surface area contributed by atoms with Crippen molar-refractivity contribution in [2.75, 3.05) is 12.3 Å². The number of ether oxygens (including phenoxy) is 1. The van der Waals surface area contributed by atoms with E-state index in [1.165, 1.54) is 0 Å². The fraction of sp³-hybridized carbons (Fsp3) is 0.300. The van der Waals surface area contributed by atoms with Gasteiger partial charge in [-0.2, -0.15) is 0 Å². The Bertz CT molecular complexity index is 436. The molecule has 0 bridgehead atoms. The molecule has 0 aliphatic rings. The molecule has 0 unspecified atom stereocenters. The minimum Gasteiger partial charge on any atom is -0.399 e. The smallest absolute Gasteiger partial charge is 0.133 e. The predicted molar refractivity (Wildman–Crippen MR) is 55.8 cm³/mol. The summed E-state index contributed by atoms with van der Waals surface area (Å²) in [6.07, 6.45) is 0. The van der Waals surface area contributed by atoms with Crippen molar-refractivity contribution in [3.63, 3.8) is 0 Å². The molecule has 14 heavy (non-hydrogen) atoms. The summed E-state index contributed by atoms with van der Waals surface area (Å²) in [6, 6.07) is 5.61. The molecule has 0 spiro atoms. The number of nitrogens with one attached hydrogen (secondary N) is 1. The summed E-state index contributed by atoms with van der Waals surface area (Å²) >= 11 is 0. The van der Waals surface area contributed by atoms with Crippen molar-refractivity contribution in [3.8, 4) is 0 Å². The van der Waals surface area contributed by atoms with E-state index in [4.69, 9.17) is 10.5 Å². The first-order valence-corrected chi connectivity index (χ1v) is 4.61. The van der Waals surface area contributed by atoms with Gasteiger partial charge in [-0.25, -0.2) is 4.98 Å². The van der Waals surface area contributed by atoms with E-state index in [0.717, 1.165) is 22.5 Å². The van der Waals surface area contributed by atoms with E-state index in [0.29, 0.717) is 13.2 Å². The normalized spacial score (nSPS) is 10.9. The second kappa shape index (κ2) is 3.67. The van der Waals surface area contributed by atoms with Crippen molar-refractivity contribution >= 4 is 16.7 Å². The molecule has 4 heteroatoms. The van der Waals surface area contributed by atoms with Gasteiger partial charge in [0.15, 0.2) is 0 Å². The minimum atomic E-state index is 0.519. The van der Waals surface area contributed by atoms with Crippen molar-refractivity contribution in [2.24, 2.45) is 0 Å². The third-order valence-corrected chi connectivity index (χ3v) is 2.00. The number of nitrogens with zero attached hydrogens (tertiary/aromatic N) is 1. The second-order valence-corrected chi connectivity index (χ2v) is 3.10. The lowest BCUT2D eigenvalue weighted by Gasteiger charge is -1.94. The quantitative estimate of drug-likeness (QED) is 0.725. The number of imidazole rings is 1. The van der Waals surface area contributed by atoms with E-state index in [2.05, 4.69) is 9.97 Å². The van der Waals surface area contributed by atoms with Crippen molar-refractivity contribution in [2.45, 2.75) is 13.5 Å². The fourth-order valence-corrected chi connectivity index (χ4v) is 1.35. The van der Waals surface area contributed by atoms with Gasteiger partial charge in [0.2, 0.25) is 0 Å². The van der Waals surface area contributed by atoms with Crippen molar-refractivity contribution in [1.82, 2.24) is 9.97 Å². The molecule has 0 aliphatic heterocycles. The van der Waals surface area contributed by atoms with E-state index >= 15 is 0 Å². The van der Waals surface area contributed by atoms with Crippen LogP contribution in [0.3, 0.4) is 0 Å². The maximum absolute atomic E-state index is 5.65. The molecule has 1 heterocycles. The molecule has 0 amide bonds. The number of aromatic amines is 1. The van der Waals surface area contributed by atoms with Gasteiger partial charge < -0.3 is 15.5 Å². The zero-order valence-electron chi connectivity index (χ0n) is 8.08. The Hall–Kier alpha value is -1.55. The third-order valence-electron chi connectivity index (χ3n) is 2.00. The first kappa shape index (κ1) is 9.02. The summed E-state index contributed by atoms with van der Waals surface area (Å²) in [4.78, 5) is 7.51. The average Bonchev–Trinajstić information content (AvgIpc) is 2.56. The first-order chi connectivity index (χ1) is 6.79. The molecular formula is C10H13N3O. The minimum absolute atomic E-state index is 0.519. The monoisotopic (exact) mass is 191 g/mol. The van der Waals surface area contributed by atoms with Gasteiger partial charge in [0, 0.05) is 12.3 Å². The van der Waals surface area contributed by atoms with Crippen LogP contribution in [0, 0.1) is 0 Å². The van der Waals surface area contributed by atoms with Gasteiger partial charge >= 0.3 is 0 Å². The van der Waals surface area contributed by atoms with Gasteiger partial charge in [-0.3, -0.25) is 0 Å². The number of benzene rings is 1. The topological polar surface area (TPSA) is 63.9 Å². The molecule has 3 N–H and O–H groups in total. The first-order valence-electron chi connectivity index (χ1n) is 4.61. The number of anilines is 1.